The van der Waals surface area contributed by atoms with Crippen LogP contribution >= 0.6 is 0 Å². The van der Waals surface area contributed by atoms with Crippen molar-refractivity contribution in [2.24, 2.45) is 0 Å². The fraction of sp³-hybridized carbons (Fsp3) is 0.406. The number of fused-ring (bicyclic) bond motifs is 4. The molecule has 232 valence electrons. The number of rotatable bonds is 7. The monoisotopic (exact) mass is 616 g/mol. The molecule has 13 heteroatoms. The molecule has 0 radical (unpaired) electrons. The predicted molar refractivity (Wildman–Crippen MR) is 157 cm³/mol. The molecule has 10 nitrogen and oxygen atoms in total. The fourth-order valence-electron chi connectivity index (χ4n) is 6.44. The molecule has 3 aliphatic rings. The van der Waals surface area contributed by atoms with Gasteiger partial charge in [0.05, 0.1) is 35.0 Å². The Bertz CT molecular complexity index is 1810. The molecule has 2 unspecified atom stereocenters. The number of amides is 1. The summed E-state index contributed by atoms with van der Waals surface area (Å²) in [5.74, 6) is 0.817. The number of likely N-dealkylation sites (N-methyl/N-ethyl adjacent to an activating group) is 1. The molecule has 4 aromatic rings. The van der Waals surface area contributed by atoms with Crippen LogP contribution in [-0.4, -0.2) is 79.3 Å². The maximum Gasteiger partial charge on any atom is 0.418 e. The van der Waals surface area contributed by atoms with Gasteiger partial charge in [-0.3, -0.25) is 19.7 Å². The van der Waals surface area contributed by atoms with Gasteiger partial charge in [0.2, 0.25) is 5.91 Å². The molecule has 1 aliphatic carbocycles. The van der Waals surface area contributed by atoms with E-state index in [-0.39, 0.29) is 48.6 Å². The minimum atomic E-state index is -4.57. The Labute approximate surface area is 257 Å². The third kappa shape index (κ3) is 5.83. The van der Waals surface area contributed by atoms with Gasteiger partial charge in [-0.25, -0.2) is 4.98 Å². The normalized spacial score (nSPS) is 20.0. The lowest BCUT2D eigenvalue weighted by Crippen LogP contribution is -2.45. The van der Waals surface area contributed by atoms with E-state index in [1.165, 1.54) is 6.20 Å². The summed E-state index contributed by atoms with van der Waals surface area (Å²) >= 11 is 0. The summed E-state index contributed by atoms with van der Waals surface area (Å²) in [7, 11) is 0. The number of nitrogens with one attached hydrogen (secondary N) is 1. The van der Waals surface area contributed by atoms with E-state index in [0.29, 0.717) is 41.3 Å². The molecule has 7 rings (SSSR count). The van der Waals surface area contributed by atoms with Crippen LogP contribution in [0.2, 0.25) is 0 Å². The van der Waals surface area contributed by atoms with Gasteiger partial charge in [-0.1, -0.05) is 6.92 Å². The molecule has 45 heavy (non-hydrogen) atoms. The van der Waals surface area contributed by atoms with Gasteiger partial charge in [-0.05, 0) is 48.4 Å². The van der Waals surface area contributed by atoms with E-state index in [4.69, 9.17) is 4.74 Å². The zero-order valence-electron chi connectivity index (χ0n) is 24.6. The lowest BCUT2D eigenvalue weighted by Gasteiger charge is -2.34. The molecule has 0 aromatic carbocycles. The number of aromatic nitrogens is 4. The Kier molecular flexibility index (Phi) is 7.41. The van der Waals surface area contributed by atoms with Gasteiger partial charge in [-0.2, -0.15) is 18.4 Å². The van der Waals surface area contributed by atoms with Crippen molar-refractivity contribution in [1.82, 2.24) is 34.6 Å². The van der Waals surface area contributed by atoms with Gasteiger partial charge in [0.25, 0.3) is 0 Å². The number of nitrogens with zero attached hydrogens (tertiary/aromatic N) is 7. The van der Waals surface area contributed by atoms with Gasteiger partial charge in [0, 0.05) is 63.6 Å². The van der Waals surface area contributed by atoms with Crippen LogP contribution < -0.4 is 4.74 Å². The van der Waals surface area contributed by atoms with Crippen LogP contribution in [0.5, 0.6) is 11.5 Å². The summed E-state index contributed by atoms with van der Waals surface area (Å²) in [5, 5.41) is 9.89. The molecule has 2 aliphatic heterocycles. The number of piperazine rings is 1. The number of hydrogen-bond acceptors (Lipinski definition) is 8. The van der Waals surface area contributed by atoms with E-state index in [0.717, 1.165) is 43.4 Å². The molecule has 1 saturated carbocycles. The zero-order chi connectivity index (χ0) is 31.3. The van der Waals surface area contributed by atoms with Gasteiger partial charge in [0.15, 0.2) is 0 Å². The SMILES string of the molecule is CCN1CCN(Cc2ncc(CC(=O)N3Cc4cc(Oc5ccnc6[nH]c(C#N)cc56)cnc4C4CC43)cc2C(F)(F)F)CC1. The van der Waals surface area contributed by atoms with Crippen molar-refractivity contribution in [2.45, 2.75) is 51.0 Å². The van der Waals surface area contributed by atoms with E-state index >= 15 is 0 Å². The standard InChI is InChI=1S/C32H31F3N8O2/c1-2-41-5-7-42(8-6-41)18-26-25(32(33,34)35)9-19(15-38-26)10-29(44)43-17-20-11-22(16-39-30(20)23-13-27(23)43)45-28-3-4-37-31-24(28)12-21(14-36)40-31/h3-4,9,11-12,15-16,23,27H,2,5-8,10,13,17-18H2,1H3,(H,37,40). The zero-order valence-corrected chi connectivity index (χ0v) is 24.6. The third-order valence-electron chi connectivity index (χ3n) is 8.96. The molecule has 1 amide bonds. The van der Waals surface area contributed by atoms with Crippen LogP contribution in [0, 0.1) is 11.3 Å². The maximum atomic E-state index is 14.1. The van der Waals surface area contributed by atoms with Crippen LogP contribution in [-0.2, 0) is 30.5 Å². The average molecular weight is 617 g/mol. The summed E-state index contributed by atoms with van der Waals surface area (Å²) in [6.45, 7) is 6.42. The number of alkyl halides is 3. The number of aromatic amines is 1. The summed E-state index contributed by atoms with van der Waals surface area (Å²) in [6.07, 6.45) is 0.651. The summed E-state index contributed by atoms with van der Waals surface area (Å²) in [5.41, 5.74) is 2.10. The van der Waals surface area contributed by atoms with E-state index < -0.39 is 11.7 Å². The van der Waals surface area contributed by atoms with E-state index in [1.54, 1.807) is 29.4 Å². The second-order valence-electron chi connectivity index (χ2n) is 11.8. The first-order chi connectivity index (χ1) is 21.7. The Balaban J connectivity index is 1.06. The number of pyridine rings is 3. The van der Waals surface area contributed by atoms with Crippen molar-refractivity contribution in [3.63, 3.8) is 0 Å². The minimum Gasteiger partial charge on any atom is -0.455 e. The van der Waals surface area contributed by atoms with Gasteiger partial charge in [0.1, 0.15) is 28.9 Å². The first-order valence-corrected chi connectivity index (χ1v) is 15.0. The summed E-state index contributed by atoms with van der Waals surface area (Å²) in [4.78, 5) is 35.5. The molecule has 1 saturated heterocycles. The highest BCUT2D eigenvalue weighted by Crippen LogP contribution is 2.50. The number of H-pyrrole nitrogens is 1. The first-order valence-electron chi connectivity index (χ1n) is 15.0. The number of carbonyl (C=O) groups excluding carboxylic acids is 1. The molecule has 2 fully saturated rings. The number of hydrogen-bond donors (Lipinski definition) is 1. The molecule has 0 bridgehead atoms. The molecular formula is C32H31F3N8O2. The number of halogens is 3. The van der Waals surface area contributed by atoms with Gasteiger partial charge in [-0.15, -0.1) is 0 Å². The topological polar surface area (TPSA) is 114 Å². The Hall–Kier alpha value is -4.54. The summed E-state index contributed by atoms with van der Waals surface area (Å²) in [6, 6.07) is 8.34. The number of carbonyl (C=O) groups is 1. The van der Waals surface area contributed by atoms with Crippen molar-refractivity contribution in [3.05, 3.63) is 76.6 Å². The second-order valence-corrected chi connectivity index (χ2v) is 11.8. The Morgan fingerprint density at radius 2 is 1.91 bits per heavy atom. The number of ether oxygens (including phenoxy) is 1. The van der Waals surface area contributed by atoms with Crippen molar-refractivity contribution >= 4 is 16.9 Å². The van der Waals surface area contributed by atoms with Crippen LogP contribution in [0.25, 0.3) is 11.0 Å². The van der Waals surface area contributed by atoms with Gasteiger partial charge >= 0.3 is 6.18 Å². The smallest absolute Gasteiger partial charge is 0.418 e. The third-order valence-corrected chi connectivity index (χ3v) is 8.96. The van der Waals surface area contributed by atoms with Crippen LogP contribution in [0.4, 0.5) is 13.2 Å². The van der Waals surface area contributed by atoms with Crippen molar-refractivity contribution in [1.29, 1.82) is 5.26 Å². The molecule has 0 spiro atoms. The largest absolute Gasteiger partial charge is 0.455 e. The van der Waals surface area contributed by atoms with E-state index in [1.807, 2.05) is 11.0 Å². The van der Waals surface area contributed by atoms with Crippen LogP contribution in [0.15, 0.2) is 42.9 Å². The Morgan fingerprint density at radius 3 is 2.67 bits per heavy atom. The lowest BCUT2D eigenvalue weighted by atomic mass is 10.0. The molecular weight excluding hydrogens is 585 g/mol. The highest BCUT2D eigenvalue weighted by Gasteiger charge is 2.50. The Morgan fingerprint density at radius 1 is 1.11 bits per heavy atom. The van der Waals surface area contributed by atoms with Gasteiger partial charge < -0.3 is 19.5 Å². The quantitative estimate of drug-likeness (QED) is 0.320. The summed E-state index contributed by atoms with van der Waals surface area (Å²) < 4.78 is 48.5. The van der Waals surface area contributed by atoms with E-state index in [9.17, 15) is 23.2 Å². The molecule has 6 heterocycles. The van der Waals surface area contributed by atoms with Crippen molar-refractivity contribution in [2.75, 3.05) is 32.7 Å². The highest BCUT2D eigenvalue weighted by molar-refractivity contribution is 5.84. The second kappa shape index (κ2) is 11.4. The molecule has 4 aromatic heterocycles. The van der Waals surface area contributed by atoms with E-state index in [2.05, 4.69) is 37.8 Å². The highest BCUT2D eigenvalue weighted by atomic mass is 19.4. The maximum absolute atomic E-state index is 14.1. The fourth-order valence-corrected chi connectivity index (χ4v) is 6.44. The number of nitriles is 1. The first kappa shape index (κ1) is 29.2. The molecule has 2 atom stereocenters. The van der Waals surface area contributed by atoms with Crippen LogP contribution in [0.1, 0.15) is 53.0 Å². The molecule has 1 N–H and O–H groups in total. The van der Waals surface area contributed by atoms with Crippen molar-refractivity contribution < 1.29 is 22.7 Å². The average Bonchev–Trinajstić information content (AvgIpc) is 3.72. The van der Waals surface area contributed by atoms with Crippen LogP contribution in [0.3, 0.4) is 0 Å². The lowest BCUT2D eigenvalue weighted by molar-refractivity contribution is -0.139. The predicted octanol–water partition coefficient (Wildman–Crippen LogP) is 4.61. The van der Waals surface area contributed by atoms with Crippen molar-refractivity contribution in [3.8, 4) is 17.6 Å². The minimum absolute atomic E-state index is 0.00799.